The van der Waals surface area contributed by atoms with E-state index in [4.69, 9.17) is 0 Å². The van der Waals surface area contributed by atoms with E-state index >= 15 is 0 Å². The van der Waals surface area contributed by atoms with E-state index in [1.165, 1.54) is 44.1 Å². The van der Waals surface area contributed by atoms with Gasteiger partial charge in [0.2, 0.25) is 0 Å². The molecule has 0 fully saturated rings. The van der Waals surface area contributed by atoms with Crippen LogP contribution in [0.3, 0.4) is 0 Å². The zero-order valence-corrected chi connectivity index (χ0v) is 13.7. The number of hydrogen-bond acceptors (Lipinski definition) is 0. The SMILES string of the molecule is [c]1ccc(-c2ccc(-c3cccc4c3[nH]c3ccccc34)cc2)cc1. The van der Waals surface area contributed by atoms with Crippen molar-refractivity contribution in [3.8, 4) is 22.3 Å². The largest absolute Gasteiger partial charge is 0.354 e. The highest BCUT2D eigenvalue weighted by molar-refractivity contribution is 6.11. The minimum atomic E-state index is 1.18. The highest BCUT2D eigenvalue weighted by Gasteiger charge is 2.09. The minimum Gasteiger partial charge on any atom is -0.354 e. The first-order valence-electron chi connectivity index (χ1n) is 8.46. The molecule has 0 unspecified atom stereocenters. The number of fused-ring (bicyclic) bond motifs is 3. The maximum absolute atomic E-state index is 3.59. The number of benzene rings is 4. The molecule has 1 aromatic heterocycles. The second kappa shape index (κ2) is 5.64. The molecule has 4 aromatic carbocycles. The molecule has 1 nitrogen and oxygen atoms in total. The Morgan fingerprint density at radius 3 is 2.08 bits per heavy atom. The van der Waals surface area contributed by atoms with Crippen molar-refractivity contribution in [2.75, 3.05) is 0 Å². The zero-order valence-electron chi connectivity index (χ0n) is 13.7. The molecular weight excluding hydrogens is 302 g/mol. The van der Waals surface area contributed by atoms with Gasteiger partial charge in [0.25, 0.3) is 0 Å². The zero-order chi connectivity index (χ0) is 16.6. The Kier molecular flexibility index (Phi) is 3.17. The molecule has 0 saturated heterocycles. The van der Waals surface area contributed by atoms with Crippen LogP contribution in [-0.4, -0.2) is 4.98 Å². The van der Waals surface area contributed by atoms with Crippen LogP contribution in [0.5, 0.6) is 0 Å². The Morgan fingerprint density at radius 2 is 1.24 bits per heavy atom. The average Bonchev–Trinajstić information content (AvgIpc) is 3.08. The summed E-state index contributed by atoms with van der Waals surface area (Å²) in [6, 6.07) is 34.9. The van der Waals surface area contributed by atoms with Crippen molar-refractivity contribution < 1.29 is 0 Å². The number of aromatic amines is 1. The monoisotopic (exact) mass is 318 g/mol. The van der Waals surface area contributed by atoms with Gasteiger partial charge in [0.1, 0.15) is 0 Å². The van der Waals surface area contributed by atoms with Crippen molar-refractivity contribution in [3.05, 3.63) is 97.1 Å². The van der Waals surface area contributed by atoms with E-state index in [1.807, 2.05) is 12.1 Å². The van der Waals surface area contributed by atoms with Crippen LogP contribution in [0.15, 0.2) is 91.0 Å². The van der Waals surface area contributed by atoms with Crippen LogP contribution < -0.4 is 0 Å². The highest BCUT2D eigenvalue weighted by atomic mass is 14.7. The summed E-state index contributed by atoms with van der Waals surface area (Å²) in [6.07, 6.45) is 0. The fourth-order valence-corrected chi connectivity index (χ4v) is 3.54. The molecule has 0 aliphatic carbocycles. The molecule has 0 saturated carbocycles. The van der Waals surface area contributed by atoms with E-state index < -0.39 is 0 Å². The number of para-hydroxylation sites is 2. The minimum absolute atomic E-state index is 1.18. The van der Waals surface area contributed by atoms with Gasteiger partial charge in [-0.2, -0.15) is 0 Å². The molecule has 1 radical (unpaired) electrons. The Bertz CT molecular complexity index is 1170. The Morgan fingerprint density at radius 1 is 0.560 bits per heavy atom. The second-order valence-electron chi connectivity index (χ2n) is 6.26. The van der Waals surface area contributed by atoms with Crippen molar-refractivity contribution in [2.45, 2.75) is 0 Å². The average molecular weight is 318 g/mol. The molecule has 0 aliphatic heterocycles. The van der Waals surface area contributed by atoms with E-state index in [0.717, 1.165) is 0 Å². The highest BCUT2D eigenvalue weighted by Crippen LogP contribution is 2.33. The van der Waals surface area contributed by atoms with E-state index in [-0.39, 0.29) is 0 Å². The Balaban J connectivity index is 1.66. The van der Waals surface area contributed by atoms with E-state index in [0.29, 0.717) is 0 Å². The molecule has 5 aromatic rings. The molecule has 0 bridgehead atoms. The van der Waals surface area contributed by atoms with Gasteiger partial charge >= 0.3 is 0 Å². The third kappa shape index (κ3) is 2.33. The Hall–Kier alpha value is -3.32. The maximum Gasteiger partial charge on any atom is 0.0544 e. The predicted molar refractivity (Wildman–Crippen MR) is 106 cm³/mol. The molecule has 0 spiro atoms. The van der Waals surface area contributed by atoms with Gasteiger partial charge in [-0.15, -0.1) is 0 Å². The summed E-state index contributed by atoms with van der Waals surface area (Å²) >= 11 is 0. The molecule has 0 atom stereocenters. The summed E-state index contributed by atoms with van der Waals surface area (Å²) in [5.41, 5.74) is 7.29. The Labute approximate surface area is 146 Å². The van der Waals surface area contributed by atoms with Gasteiger partial charge in [-0.1, -0.05) is 84.9 Å². The standard InChI is InChI=1S/C24H16N/c1-2-7-17(8-3-1)18-13-15-19(16-14-18)20-10-6-11-22-21-9-4-5-12-23(21)25-24(20)22/h2-16,25H. The molecule has 117 valence electrons. The first kappa shape index (κ1) is 14.1. The lowest BCUT2D eigenvalue weighted by Gasteiger charge is -2.06. The van der Waals surface area contributed by atoms with Crippen LogP contribution in [0.25, 0.3) is 44.1 Å². The third-order valence-electron chi connectivity index (χ3n) is 4.79. The van der Waals surface area contributed by atoms with Gasteiger partial charge in [-0.05, 0) is 28.8 Å². The smallest absolute Gasteiger partial charge is 0.0544 e. The topological polar surface area (TPSA) is 15.8 Å². The summed E-state index contributed by atoms with van der Waals surface area (Å²) in [4.78, 5) is 3.59. The molecule has 0 aliphatic rings. The molecule has 1 heterocycles. The lowest BCUT2D eigenvalue weighted by Crippen LogP contribution is -1.82. The van der Waals surface area contributed by atoms with Crippen molar-refractivity contribution >= 4 is 21.8 Å². The van der Waals surface area contributed by atoms with E-state index in [2.05, 4.69) is 89.9 Å². The number of nitrogens with one attached hydrogen (secondary N) is 1. The fourth-order valence-electron chi connectivity index (χ4n) is 3.54. The third-order valence-corrected chi connectivity index (χ3v) is 4.79. The summed E-state index contributed by atoms with van der Waals surface area (Å²) in [5.74, 6) is 0. The molecular formula is C24H16N. The van der Waals surface area contributed by atoms with Gasteiger partial charge in [-0.25, -0.2) is 0 Å². The first-order chi connectivity index (χ1) is 12.4. The molecule has 1 heteroatoms. The van der Waals surface area contributed by atoms with Gasteiger partial charge in [0, 0.05) is 21.9 Å². The van der Waals surface area contributed by atoms with Gasteiger partial charge in [0.05, 0.1) is 5.52 Å². The summed E-state index contributed by atoms with van der Waals surface area (Å²) in [6.45, 7) is 0. The van der Waals surface area contributed by atoms with Gasteiger partial charge < -0.3 is 4.98 Å². The lowest BCUT2D eigenvalue weighted by atomic mass is 9.99. The second-order valence-corrected chi connectivity index (χ2v) is 6.26. The number of H-pyrrole nitrogens is 1. The van der Waals surface area contributed by atoms with Gasteiger partial charge in [0.15, 0.2) is 0 Å². The van der Waals surface area contributed by atoms with Crippen molar-refractivity contribution in [2.24, 2.45) is 0 Å². The van der Waals surface area contributed by atoms with Crippen LogP contribution in [0.2, 0.25) is 0 Å². The maximum atomic E-state index is 3.59. The summed E-state index contributed by atoms with van der Waals surface area (Å²) in [7, 11) is 0. The van der Waals surface area contributed by atoms with Crippen molar-refractivity contribution in [1.29, 1.82) is 0 Å². The van der Waals surface area contributed by atoms with Crippen LogP contribution in [-0.2, 0) is 0 Å². The first-order valence-corrected chi connectivity index (χ1v) is 8.46. The van der Waals surface area contributed by atoms with Crippen LogP contribution >= 0.6 is 0 Å². The van der Waals surface area contributed by atoms with E-state index in [9.17, 15) is 0 Å². The van der Waals surface area contributed by atoms with Crippen molar-refractivity contribution in [1.82, 2.24) is 4.98 Å². The van der Waals surface area contributed by atoms with Crippen LogP contribution in [0, 0.1) is 6.07 Å². The fraction of sp³-hybridized carbons (Fsp3) is 0. The normalized spacial score (nSPS) is 11.2. The summed E-state index contributed by atoms with van der Waals surface area (Å²) < 4.78 is 0. The molecule has 25 heavy (non-hydrogen) atoms. The lowest BCUT2D eigenvalue weighted by molar-refractivity contribution is 1.53. The molecule has 5 rings (SSSR count). The van der Waals surface area contributed by atoms with Crippen molar-refractivity contribution in [3.63, 3.8) is 0 Å². The molecule has 0 amide bonds. The quantitative estimate of drug-likeness (QED) is 0.384. The predicted octanol–water partition coefficient (Wildman–Crippen LogP) is 6.46. The number of aromatic nitrogens is 1. The van der Waals surface area contributed by atoms with Crippen LogP contribution in [0.1, 0.15) is 0 Å². The van der Waals surface area contributed by atoms with Crippen LogP contribution in [0.4, 0.5) is 0 Å². The number of hydrogen-bond donors (Lipinski definition) is 1. The van der Waals surface area contributed by atoms with E-state index in [1.54, 1.807) is 0 Å². The van der Waals surface area contributed by atoms with Gasteiger partial charge in [-0.3, -0.25) is 0 Å². The number of rotatable bonds is 2. The summed E-state index contributed by atoms with van der Waals surface area (Å²) in [5, 5.41) is 2.55. The molecule has 1 N–H and O–H groups in total.